The number of hydrogen-bond donors (Lipinski definition) is 0. The zero-order valence-electron chi connectivity index (χ0n) is 21.3. The van der Waals surface area contributed by atoms with Crippen molar-refractivity contribution < 1.29 is 14.3 Å². The molecule has 1 atom stereocenters. The minimum Gasteiger partial charge on any atom is -0.376 e. The second kappa shape index (κ2) is 12.4. The van der Waals surface area contributed by atoms with Gasteiger partial charge in [0.1, 0.15) is 0 Å². The van der Waals surface area contributed by atoms with Crippen LogP contribution in [0.5, 0.6) is 0 Å². The van der Waals surface area contributed by atoms with Crippen LogP contribution in [0.25, 0.3) is 11.3 Å². The van der Waals surface area contributed by atoms with Crippen LogP contribution in [-0.2, 0) is 20.7 Å². The summed E-state index contributed by atoms with van der Waals surface area (Å²) in [5.41, 5.74) is 2.51. The maximum Gasteiger partial charge on any atom is 0.242 e. The second-order valence-corrected chi connectivity index (χ2v) is 10.1. The highest BCUT2D eigenvalue weighted by atomic mass is 35.5. The highest BCUT2D eigenvalue weighted by Crippen LogP contribution is 2.26. The van der Waals surface area contributed by atoms with Gasteiger partial charge in [-0.15, -0.1) is 10.2 Å². The first kappa shape index (κ1) is 26.1. The number of anilines is 1. The third kappa shape index (κ3) is 6.49. The Bertz CT molecular complexity index is 1230. The van der Waals surface area contributed by atoms with Crippen LogP contribution < -0.4 is 4.90 Å². The maximum atomic E-state index is 13.2. The van der Waals surface area contributed by atoms with E-state index in [-0.39, 0.29) is 30.9 Å². The van der Waals surface area contributed by atoms with Gasteiger partial charge < -0.3 is 19.4 Å². The van der Waals surface area contributed by atoms with Crippen molar-refractivity contribution in [3.05, 3.63) is 77.3 Å². The van der Waals surface area contributed by atoms with Crippen LogP contribution in [0, 0.1) is 0 Å². The van der Waals surface area contributed by atoms with Crippen LogP contribution in [0.4, 0.5) is 5.82 Å². The Morgan fingerprint density at radius 3 is 2.39 bits per heavy atom. The second-order valence-electron chi connectivity index (χ2n) is 9.70. The molecule has 2 aromatic carbocycles. The molecule has 0 N–H and O–H groups in total. The Morgan fingerprint density at radius 2 is 1.71 bits per heavy atom. The molecular formula is C29H32ClN5O3. The molecule has 3 aromatic rings. The molecule has 0 bridgehead atoms. The number of hydrogen-bond acceptors (Lipinski definition) is 6. The van der Waals surface area contributed by atoms with Crippen LogP contribution in [0.1, 0.15) is 18.4 Å². The number of carbonyl (C=O) groups is 2. The van der Waals surface area contributed by atoms with E-state index in [1.165, 1.54) is 0 Å². The number of ether oxygens (including phenoxy) is 1. The number of halogens is 1. The molecule has 0 saturated carbocycles. The summed E-state index contributed by atoms with van der Waals surface area (Å²) in [6.45, 7) is 3.65. The molecule has 2 saturated heterocycles. The van der Waals surface area contributed by atoms with Crippen molar-refractivity contribution in [2.45, 2.75) is 25.4 Å². The Hall–Kier alpha value is -3.49. The highest BCUT2D eigenvalue weighted by Gasteiger charge is 2.28. The molecule has 5 rings (SSSR count). The van der Waals surface area contributed by atoms with E-state index >= 15 is 0 Å². The van der Waals surface area contributed by atoms with E-state index in [4.69, 9.17) is 16.3 Å². The van der Waals surface area contributed by atoms with Crippen molar-refractivity contribution in [2.75, 3.05) is 50.8 Å². The fraction of sp³-hybridized carbons (Fsp3) is 0.379. The van der Waals surface area contributed by atoms with E-state index in [2.05, 4.69) is 15.1 Å². The lowest BCUT2D eigenvalue weighted by Gasteiger charge is -2.36. The van der Waals surface area contributed by atoms with Crippen LogP contribution in [0.15, 0.2) is 66.7 Å². The molecule has 38 heavy (non-hydrogen) atoms. The number of rotatable bonds is 8. The smallest absolute Gasteiger partial charge is 0.242 e. The molecule has 0 aliphatic carbocycles. The molecule has 2 fully saturated rings. The molecule has 2 aliphatic rings. The lowest BCUT2D eigenvalue weighted by Crippen LogP contribution is -2.53. The van der Waals surface area contributed by atoms with Crippen molar-refractivity contribution in [1.29, 1.82) is 0 Å². The topological polar surface area (TPSA) is 78.9 Å². The van der Waals surface area contributed by atoms with Crippen molar-refractivity contribution >= 4 is 29.2 Å². The Balaban J connectivity index is 1.17. The molecule has 0 unspecified atom stereocenters. The average molecular weight is 534 g/mol. The van der Waals surface area contributed by atoms with Crippen LogP contribution in [0.2, 0.25) is 5.02 Å². The number of nitrogens with zero attached hydrogens (tertiary/aromatic N) is 5. The number of carbonyl (C=O) groups excluding carboxylic acids is 2. The molecule has 1 aromatic heterocycles. The largest absolute Gasteiger partial charge is 0.376 e. The third-order valence-corrected chi connectivity index (χ3v) is 7.41. The summed E-state index contributed by atoms with van der Waals surface area (Å²) in [5, 5.41) is 9.41. The van der Waals surface area contributed by atoms with Gasteiger partial charge in [0.2, 0.25) is 11.8 Å². The Kier molecular flexibility index (Phi) is 8.51. The summed E-state index contributed by atoms with van der Waals surface area (Å²) in [5.74, 6) is 0.683. The first-order valence-electron chi connectivity index (χ1n) is 13.1. The number of aromatic nitrogens is 2. The van der Waals surface area contributed by atoms with Gasteiger partial charge in [-0.05, 0) is 36.6 Å². The SMILES string of the molecule is O=C(CN(C[C@H]1CCCO1)C(=O)Cc1ccccc1)N1CCN(c2ccc(-c3ccccc3Cl)nn2)CC1. The summed E-state index contributed by atoms with van der Waals surface area (Å²) in [6, 6.07) is 21.1. The summed E-state index contributed by atoms with van der Waals surface area (Å²) < 4.78 is 5.77. The molecule has 2 amide bonds. The van der Waals surface area contributed by atoms with Gasteiger partial charge in [-0.1, -0.05) is 60.1 Å². The fourth-order valence-corrected chi connectivity index (χ4v) is 5.16. The predicted octanol–water partition coefficient (Wildman–Crippen LogP) is 3.70. The lowest BCUT2D eigenvalue weighted by atomic mass is 10.1. The van der Waals surface area contributed by atoms with Gasteiger partial charge in [0, 0.05) is 44.9 Å². The van der Waals surface area contributed by atoms with E-state index in [0.29, 0.717) is 44.4 Å². The number of benzene rings is 2. The molecule has 0 radical (unpaired) electrons. The zero-order valence-corrected chi connectivity index (χ0v) is 22.1. The van der Waals surface area contributed by atoms with E-state index in [1.54, 1.807) is 4.90 Å². The van der Waals surface area contributed by atoms with Gasteiger partial charge in [-0.3, -0.25) is 9.59 Å². The van der Waals surface area contributed by atoms with Gasteiger partial charge in [0.05, 0.1) is 29.8 Å². The van der Waals surface area contributed by atoms with Crippen molar-refractivity contribution in [1.82, 2.24) is 20.0 Å². The predicted molar refractivity (Wildman–Crippen MR) is 147 cm³/mol. The van der Waals surface area contributed by atoms with Gasteiger partial charge in [-0.2, -0.15) is 0 Å². The van der Waals surface area contributed by atoms with E-state index < -0.39 is 0 Å². The van der Waals surface area contributed by atoms with Gasteiger partial charge in [0.25, 0.3) is 0 Å². The molecule has 3 heterocycles. The van der Waals surface area contributed by atoms with Crippen LogP contribution in [-0.4, -0.2) is 83.8 Å². The zero-order chi connectivity index (χ0) is 26.3. The monoisotopic (exact) mass is 533 g/mol. The van der Waals surface area contributed by atoms with Crippen molar-refractivity contribution in [3.63, 3.8) is 0 Å². The molecule has 198 valence electrons. The minimum absolute atomic E-state index is 0.00770. The van der Waals surface area contributed by atoms with E-state index in [0.717, 1.165) is 35.5 Å². The quantitative estimate of drug-likeness (QED) is 0.439. The molecule has 9 heteroatoms. The Morgan fingerprint density at radius 1 is 0.947 bits per heavy atom. The van der Waals surface area contributed by atoms with E-state index in [1.807, 2.05) is 71.6 Å². The van der Waals surface area contributed by atoms with Crippen molar-refractivity contribution in [2.24, 2.45) is 0 Å². The van der Waals surface area contributed by atoms with Gasteiger partial charge in [-0.25, -0.2) is 0 Å². The molecule has 2 aliphatic heterocycles. The summed E-state index contributed by atoms with van der Waals surface area (Å²) in [7, 11) is 0. The summed E-state index contributed by atoms with van der Waals surface area (Å²) >= 11 is 6.29. The standard InChI is InChI=1S/C29H32ClN5O3/c30-25-11-5-4-10-24(25)26-12-13-27(32-31-26)33-14-16-34(17-15-33)29(37)21-35(20-23-9-6-18-38-23)28(36)19-22-7-2-1-3-8-22/h1-5,7-8,10-13,23H,6,9,14-21H2/t23-/m1/s1. The van der Waals surface area contributed by atoms with Crippen LogP contribution >= 0.6 is 11.6 Å². The van der Waals surface area contributed by atoms with Crippen LogP contribution in [0.3, 0.4) is 0 Å². The first-order valence-corrected chi connectivity index (χ1v) is 13.5. The van der Waals surface area contributed by atoms with Gasteiger partial charge in [0.15, 0.2) is 5.82 Å². The Labute approximate surface area is 228 Å². The normalized spacial score (nSPS) is 17.4. The highest BCUT2D eigenvalue weighted by molar-refractivity contribution is 6.33. The lowest BCUT2D eigenvalue weighted by molar-refractivity contribution is -0.141. The van der Waals surface area contributed by atoms with Crippen molar-refractivity contribution in [3.8, 4) is 11.3 Å². The third-order valence-electron chi connectivity index (χ3n) is 7.08. The fourth-order valence-electron chi connectivity index (χ4n) is 4.93. The molecule has 8 nitrogen and oxygen atoms in total. The number of amides is 2. The minimum atomic E-state index is -0.0485. The van der Waals surface area contributed by atoms with E-state index in [9.17, 15) is 9.59 Å². The maximum absolute atomic E-state index is 13.2. The average Bonchev–Trinajstić information content (AvgIpc) is 3.47. The first-order chi connectivity index (χ1) is 18.6. The number of piperazine rings is 1. The summed E-state index contributed by atoms with van der Waals surface area (Å²) in [4.78, 5) is 32.1. The van der Waals surface area contributed by atoms with Gasteiger partial charge >= 0.3 is 0 Å². The summed E-state index contributed by atoms with van der Waals surface area (Å²) in [6.07, 6.45) is 2.17. The molecule has 0 spiro atoms. The molecular weight excluding hydrogens is 502 g/mol.